The zero-order chi connectivity index (χ0) is 13.1. The molecule has 0 saturated carbocycles. The van der Waals surface area contributed by atoms with E-state index in [9.17, 15) is 4.39 Å². The quantitative estimate of drug-likeness (QED) is 0.832. The van der Waals surface area contributed by atoms with Gasteiger partial charge in [0.05, 0.1) is 10.0 Å². The zero-order valence-electron chi connectivity index (χ0n) is 9.54. The molecule has 0 aliphatic heterocycles. The molecule has 94 valence electrons. The van der Waals surface area contributed by atoms with Crippen LogP contribution in [0.1, 0.15) is 17.2 Å². The van der Waals surface area contributed by atoms with Gasteiger partial charge in [0.25, 0.3) is 0 Å². The summed E-state index contributed by atoms with van der Waals surface area (Å²) in [5.74, 6) is -0.423. The standard InChI is InChI=1S/C14H12Cl2FN/c15-11-7-10(13(17)8-12(11)16)14(18)6-9-4-2-1-3-5-9/h1-5,7-8,14H,6,18H2. The van der Waals surface area contributed by atoms with Gasteiger partial charge in [-0.1, -0.05) is 53.5 Å². The maximum absolute atomic E-state index is 13.8. The summed E-state index contributed by atoms with van der Waals surface area (Å²) in [7, 11) is 0. The van der Waals surface area contributed by atoms with E-state index in [0.29, 0.717) is 17.0 Å². The fourth-order valence-corrected chi connectivity index (χ4v) is 2.12. The van der Waals surface area contributed by atoms with E-state index in [0.717, 1.165) is 5.56 Å². The van der Waals surface area contributed by atoms with Crippen LogP contribution in [0.25, 0.3) is 0 Å². The first-order chi connectivity index (χ1) is 8.58. The van der Waals surface area contributed by atoms with E-state index in [1.54, 1.807) is 0 Å². The Hall–Kier alpha value is -1.09. The number of rotatable bonds is 3. The van der Waals surface area contributed by atoms with Crippen LogP contribution in [0.2, 0.25) is 10.0 Å². The van der Waals surface area contributed by atoms with Crippen LogP contribution in [-0.2, 0) is 6.42 Å². The molecular weight excluding hydrogens is 272 g/mol. The van der Waals surface area contributed by atoms with Crippen molar-refractivity contribution < 1.29 is 4.39 Å². The molecule has 2 aromatic carbocycles. The van der Waals surface area contributed by atoms with E-state index in [4.69, 9.17) is 28.9 Å². The SMILES string of the molecule is NC(Cc1ccccc1)c1cc(Cl)c(Cl)cc1F. The topological polar surface area (TPSA) is 26.0 Å². The molecule has 0 aliphatic rings. The molecule has 1 nitrogen and oxygen atoms in total. The van der Waals surface area contributed by atoms with Gasteiger partial charge >= 0.3 is 0 Å². The largest absolute Gasteiger partial charge is 0.324 e. The summed E-state index contributed by atoms with van der Waals surface area (Å²) < 4.78 is 13.8. The van der Waals surface area contributed by atoms with Crippen molar-refractivity contribution in [3.8, 4) is 0 Å². The van der Waals surface area contributed by atoms with E-state index in [1.165, 1.54) is 12.1 Å². The van der Waals surface area contributed by atoms with Crippen LogP contribution >= 0.6 is 23.2 Å². The predicted octanol–water partition coefficient (Wildman–Crippen LogP) is 4.38. The number of hydrogen-bond donors (Lipinski definition) is 1. The normalized spacial score (nSPS) is 12.4. The van der Waals surface area contributed by atoms with Crippen LogP contribution in [0.5, 0.6) is 0 Å². The molecule has 0 saturated heterocycles. The fourth-order valence-electron chi connectivity index (χ4n) is 1.80. The molecule has 18 heavy (non-hydrogen) atoms. The highest BCUT2D eigenvalue weighted by Gasteiger charge is 2.14. The molecule has 0 amide bonds. The summed E-state index contributed by atoms with van der Waals surface area (Å²) in [6.07, 6.45) is 0.551. The van der Waals surface area contributed by atoms with Crippen LogP contribution in [0, 0.1) is 5.82 Å². The molecule has 0 fully saturated rings. The fraction of sp³-hybridized carbons (Fsp3) is 0.143. The van der Waals surface area contributed by atoms with Crippen LogP contribution in [0.3, 0.4) is 0 Å². The lowest BCUT2D eigenvalue weighted by Crippen LogP contribution is -2.15. The van der Waals surface area contributed by atoms with Gasteiger partial charge in [-0.2, -0.15) is 0 Å². The highest BCUT2D eigenvalue weighted by atomic mass is 35.5. The molecule has 0 bridgehead atoms. The van der Waals surface area contributed by atoms with Crippen molar-refractivity contribution in [2.24, 2.45) is 5.73 Å². The Labute approximate surface area is 115 Å². The van der Waals surface area contributed by atoms with Gasteiger partial charge in [0.1, 0.15) is 5.82 Å². The molecule has 0 radical (unpaired) electrons. The highest BCUT2D eigenvalue weighted by Crippen LogP contribution is 2.28. The molecule has 0 aromatic heterocycles. The number of benzene rings is 2. The van der Waals surface area contributed by atoms with E-state index in [2.05, 4.69) is 0 Å². The number of nitrogens with two attached hydrogens (primary N) is 1. The number of hydrogen-bond acceptors (Lipinski definition) is 1. The van der Waals surface area contributed by atoms with Crippen LogP contribution in [0.4, 0.5) is 4.39 Å². The van der Waals surface area contributed by atoms with Crippen LogP contribution in [0.15, 0.2) is 42.5 Å². The second-order valence-corrected chi connectivity index (χ2v) is 4.90. The smallest absolute Gasteiger partial charge is 0.129 e. The molecular formula is C14H12Cl2FN. The van der Waals surface area contributed by atoms with Gasteiger partial charge in [0.15, 0.2) is 0 Å². The minimum atomic E-state index is -0.442. The van der Waals surface area contributed by atoms with Crippen molar-refractivity contribution in [1.82, 2.24) is 0 Å². The Kier molecular flexibility index (Phi) is 4.23. The third-order valence-corrected chi connectivity index (χ3v) is 3.46. The first kappa shape index (κ1) is 13.3. The first-order valence-corrected chi connectivity index (χ1v) is 6.27. The molecule has 4 heteroatoms. The lowest BCUT2D eigenvalue weighted by atomic mass is 9.99. The Bertz CT molecular complexity index is 543. The van der Waals surface area contributed by atoms with E-state index >= 15 is 0 Å². The minimum Gasteiger partial charge on any atom is -0.324 e. The summed E-state index contributed by atoms with van der Waals surface area (Å²) in [6.45, 7) is 0. The van der Waals surface area contributed by atoms with Crippen molar-refractivity contribution in [3.05, 3.63) is 69.5 Å². The van der Waals surface area contributed by atoms with E-state index in [1.807, 2.05) is 30.3 Å². The van der Waals surface area contributed by atoms with Crippen molar-refractivity contribution in [3.63, 3.8) is 0 Å². The zero-order valence-corrected chi connectivity index (χ0v) is 11.0. The van der Waals surface area contributed by atoms with E-state index < -0.39 is 11.9 Å². The van der Waals surface area contributed by atoms with E-state index in [-0.39, 0.29) is 5.02 Å². The maximum atomic E-state index is 13.8. The van der Waals surface area contributed by atoms with Gasteiger partial charge in [-0.3, -0.25) is 0 Å². The Balaban J connectivity index is 2.24. The molecule has 0 heterocycles. The minimum absolute atomic E-state index is 0.199. The summed E-state index contributed by atoms with van der Waals surface area (Å²) >= 11 is 11.6. The van der Waals surface area contributed by atoms with Gasteiger partial charge in [-0.15, -0.1) is 0 Å². The van der Waals surface area contributed by atoms with Gasteiger partial charge in [0.2, 0.25) is 0 Å². The Morgan fingerprint density at radius 1 is 1.06 bits per heavy atom. The van der Waals surface area contributed by atoms with Crippen LogP contribution < -0.4 is 5.73 Å². The van der Waals surface area contributed by atoms with Gasteiger partial charge in [-0.05, 0) is 24.1 Å². The lowest BCUT2D eigenvalue weighted by Gasteiger charge is -2.14. The highest BCUT2D eigenvalue weighted by molar-refractivity contribution is 6.42. The van der Waals surface area contributed by atoms with Crippen molar-refractivity contribution in [1.29, 1.82) is 0 Å². The Morgan fingerprint density at radius 3 is 2.33 bits per heavy atom. The molecule has 2 N–H and O–H groups in total. The summed E-state index contributed by atoms with van der Waals surface area (Å²) in [5, 5.41) is 0.515. The third-order valence-electron chi connectivity index (χ3n) is 2.74. The summed E-state index contributed by atoms with van der Waals surface area (Å²) in [5.41, 5.74) is 7.44. The average Bonchev–Trinajstić information content (AvgIpc) is 2.35. The predicted molar refractivity (Wildman–Crippen MR) is 73.5 cm³/mol. The lowest BCUT2D eigenvalue weighted by molar-refractivity contribution is 0.580. The van der Waals surface area contributed by atoms with Crippen molar-refractivity contribution >= 4 is 23.2 Å². The monoisotopic (exact) mass is 283 g/mol. The van der Waals surface area contributed by atoms with Gasteiger partial charge in [0, 0.05) is 11.6 Å². The third kappa shape index (κ3) is 3.02. The molecule has 2 rings (SSSR count). The Morgan fingerprint density at radius 2 is 1.67 bits per heavy atom. The molecule has 1 unspecified atom stereocenters. The maximum Gasteiger partial charge on any atom is 0.129 e. The summed E-state index contributed by atoms with van der Waals surface area (Å²) in [4.78, 5) is 0. The molecule has 0 spiro atoms. The van der Waals surface area contributed by atoms with Gasteiger partial charge in [-0.25, -0.2) is 4.39 Å². The van der Waals surface area contributed by atoms with Gasteiger partial charge < -0.3 is 5.73 Å². The first-order valence-electron chi connectivity index (χ1n) is 5.52. The second kappa shape index (κ2) is 5.70. The molecule has 2 aromatic rings. The summed E-state index contributed by atoms with van der Waals surface area (Å²) in [6, 6.07) is 11.9. The molecule has 0 aliphatic carbocycles. The van der Waals surface area contributed by atoms with Crippen molar-refractivity contribution in [2.75, 3.05) is 0 Å². The van der Waals surface area contributed by atoms with Crippen molar-refractivity contribution in [2.45, 2.75) is 12.5 Å². The number of halogens is 3. The van der Waals surface area contributed by atoms with Crippen LogP contribution in [-0.4, -0.2) is 0 Å². The molecule has 1 atom stereocenters. The second-order valence-electron chi connectivity index (χ2n) is 4.08. The average molecular weight is 284 g/mol.